The number of halogens is 1. The van der Waals surface area contributed by atoms with Crippen LogP contribution in [0.1, 0.15) is 44.6 Å². The molecule has 3 atom stereocenters. The number of nitrogens with one attached hydrogen (secondary N) is 2. The zero-order valence-electron chi connectivity index (χ0n) is 17.9. The summed E-state index contributed by atoms with van der Waals surface area (Å²) >= 11 is 0. The topological polar surface area (TPSA) is 64.7 Å². The molecule has 0 radical (unpaired) electrons. The van der Waals surface area contributed by atoms with Crippen LogP contribution < -0.4 is 15.5 Å². The van der Waals surface area contributed by atoms with Crippen molar-refractivity contribution in [1.82, 2.24) is 15.5 Å². The molecule has 3 aliphatic heterocycles. The van der Waals surface area contributed by atoms with Gasteiger partial charge < -0.3 is 15.5 Å². The monoisotopic (exact) mass is 434 g/mol. The summed E-state index contributed by atoms with van der Waals surface area (Å²) < 4.78 is 0. The highest BCUT2D eigenvalue weighted by Gasteiger charge is 2.30. The molecule has 2 saturated heterocycles. The lowest BCUT2D eigenvalue weighted by Crippen LogP contribution is -2.50. The molecule has 7 heteroatoms. The van der Waals surface area contributed by atoms with Gasteiger partial charge in [0.2, 0.25) is 11.8 Å². The fraction of sp³-hybridized carbons (Fsp3) is 0.652. The number of nitrogens with zero attached hydrogens (tertiary/aromatic N) is 2. The number of rotatable bonds is 5. The van der Waals surface area contributed by atoms with Crippen molar-refractivity contribution in [3.8, 4) is 0 Å². The van der Waals surface area contributed by atoms with Crippen LogP contribution in [0.2, 0.25) is 0 Å². The van der Waals surface area contributed by atoms with Gasteiger partial charge in [0.1, 0.15) is 0 Å². The Bertz CT molecular complexity index is 738. The van der Waals surface area contributed by atoms with Crippen LogP contribution in [0, 0.1) is 5.92 Å². The lowest BCUT2D eigenvalue weighted by atomic mass is 9.96. The molecular formula is C23H35ClN4O2. The van der Waals surface area contributed by atoms with Gasteiger partial charge in [-0.05, 0) is 76.1 Å². The Morgan fingerprint density at radius 1 is 1.17 bits per heavy atom. The summed E-state index contributed by atoms with van der Waals surface area (Å²) in [4.78, 5) is 29.7. The first-order chi connectivity index (χ1) is 14.1. The third kappa shape index (κ3) is 5.34. The summed E-state index contributed by atoms with van der Waals surface area (Å²) in [5.74, 6) is 0.756. The Morgan fingerprint density at radius 3 is 2.80 bits per heavy atom. The minimum Gasteiger partial charge on any atom is -0.354 e. The molecular weight excluding hydrogens is 400 g/mol. The highest BCUT2D eigenvalue weighted by molar-refractivity contribution is 5.96. The summed E-state index contributed by atoms with van der Waals surface area (Å²) in [5.41, 5.74) is 2.36. The molecule has 0 saturated carbocycles. The second-order valence-electron chi connectivity index (χ2n) is 8.92. The Balaban J connectivity index is 0.00000256. The molecule has 166 valence electrons. The average Bonchev–Trinajstić information content (AvgIpc) is 3.27. The maximum absolute atomic E-state index is 13.2. The highest BCUT2D eigenvalue weighted by Crippen LogP contribution is 2.30. The molecule has 2 fully saturated rings. The van der Waals surface area contributed by atoms with E-state index in [1.807, 2.05) is 11.0 Å². The molecule has 1 aromatic carbocycles. The molecule has 6 nitrogen and oxygen atoms in total. The standard InChI is InChI=1S/C23H34N4O2.ClH/c1-17-10-11-19-7-2-3-9-21(19)27(17)22(28)16-26-13-5-6-18(15-26)14-25-23(29)20-8-4-12-24-20;/h2-3,7,9,17-18,20,24H,4-6,8,10-16H2,1H3,(H,25,29);1H. The highest BCUT2D eigenvalue weighted by atomic mass is 35.5. The lowest BCUT2D eigenvalue weighted by Gasteiger charge is -2.38. The number of para-hydroxylation sites is 1. The van der Waals surface area contributed by atoms with Gasteiger partial charge in [0, 0.05) is 24.8 Å². The number of hydrogen-bond acceptors (Lipinski definition) is 4. The summed E-state index contributed by atoms with van der Waals surface area (Å²) in [6.45, 7) is 6.12. The SMILES string of the molecule is CC1CCc2ccccc2N1C(=O)CN1CCCC(CNC(=O)C2CCCN2)C1.Cl. The first-order valence-corrected chi connectivity index (χ1v) is 11.2. The van der Waals surface area contributed by atoms with Crippen molar-refractivity contribution in [1.29, 1.82) is 0 Å². The normalized spacial score (nSPS) is 26.6. The summed E-state index contributed by atoms with van der Waals surface area (Å²) in [7, 11) is 0. The van der Waals surface area contributed by atoms with Crippen molar-refractivity contribution in [3.63, 3.8) is 0 Å². The van der Waals surface area contributed by atoms with Crippen molar-refractivity contribution in [3.05, 3.63) is 29.8 Å². The Hall–Kier alpha value is -1.63. The number of hydrogen-bond donors (Lipinski definition) is 2. The molecule has 0 aromatic heterocycles. The van der Waals surface area contributed by atoms with Crippen LogP contribution >= 0.6 is 12.4 Å². The molecule has 3 unspecified atom stereocenters. The van der Waals surface area contributed by atoms with Crippen LogP contribution in [-0.4, -0.2) is 61.5 Å². The Morgan fingerprint density at radius 2 is 2.00 bits per heavy atom. The molecule has 3 heterocycles. The average molecular weight is 435 g/mol. The predicted molar refractivity (Wildman–Crippen MR) is 122 cm³/mol. The number of carbonyl (C=O) groups excluding carboxylic acids is 2. The van der Waals surface area contributed by atoms with Gasteiger partial charge in [-0.15, -0.1) is 12.4 Å². The van der Waals surface area contributed by atoms with E-state index in [-0.39, 0.29) is 36.3 Å². The lowest BCUT2D eigenvalue weighted by molar-refractivity contribution is -0.123. The molecule has 4 rings (SSSR count). The maximum atomic E-state index is 13.2. The zero-order valence-corrected chi connectivity index (χ0v) is 18.8. The number of benzene rings is 1. The molecule has 2 amide bonds. The van der Waals surface area contributed by atoms with Gasteiger partial charge in [-0.2, -0.15) is 0 Å². The van der Waals surface area contributed by atoms with Crippen LogP contribution in [0.4, 0.5) is 5.69 Å². The van der Waals surface area contributed by atoms with E-state index in [0.717, 1.165) is 63.8 Å². The minimum atomic E-state index is -0.0167. The Kier molecular flexibility index (Phi) is 8.14. The third-order valence-corrected chi connectivity index (χ3v) is 6.70. The van der Waals surface area contributed by atoms with E-state index in [9.17, 15) is 9.59 Å². The van der Waals surface area contributed by atoms with Gasteiger partial charge >= 0.3 is 0 Å². The number of likely N-dealkylation sites (tertiary alicyclic amines) is 1. The summed E-state index contributed by atoms with van der Waals surface area (Å²) in [5, 5.41) is 6.38. The van der Waals surface area contributed by atoms with Crippen LogP contribution in [0.5, 0.6) is 0 Å². The van der Waals surface area contributed by atoms with E-state index in [1.165, 1.54) is 5.56 Å². The smallest absolute Gasteiger partial charge is 0.241 e. The fourth-order valence-corrected chi connectivity index (χ4v) is 5.07. The van der Waals surface area contributed by atoms with E-state index in [4.69, 9.17) is 0 Å². The van der Waals surface area contributed by atoms with Gasteiger partial charge in [-0.3, -0.25) is 14.5 Å². The maximum Gasteiger partial charge on any atom is 0.241 e. The van der Waals surface area contributed by atoms with E-state index < -0.39 is 0 Å². The summed E-state index contributed by atoms with van der Waals surface area (Å²) in [6, 6.07) is 8.53. The number of aryl methyl sites for hydroxylation is 1. The number of carbonyl (C=O) groups is 2. The largest absolute Gasteiger partial charge is 0.354 e. The van der Waals surface area contributed by atoms with Gasteiger partial charge in [0.05, 0.1) is 12.6 Å². The zero-order chi connectivity index (χ0) is 20.2. The Labute approximate surface area is 186 Å². The van der Waals surface area contributed by atoms with Crippen molar-refractivity contribution >= 4 is 29.9 Å². The number of anilines is 1. The van der Waals surface area contributed by atoms with Gasteiger partial charge in [-0.1, -0.05) is 18.2 Å². The first-order valence-electron chi connectivity index (χ1n) is 11.2. The third-order valence-electron chi connectivity index (χ3n) is 6.70. The molecule has 0 aliphatic carbocycles. The van der Waals surface area contributed by atoms with Crippen LogP contribution in [0.25, 0.3) is 0 Å². The molecule has 1 aromatic rings. The van der Waals surface area contributed by atoms with Gasteiger partial charge in [0.15, 0.2) is 0 Å². The van der Waals surface area contributed by atoms with Crippen molar-refractivity contribution in [2.75, 3.05) is 37.6 Å². The van der Waals surface area contributed by atoms with Gasteiger partial charge in [0.25, 0.3) is 0 Å². The van der Waals surface area contributed by atoms with Crippen molar-refractivity contribution in [2.45, 2.75) is 57.5 Å². The number of fused-ring (bicyclic) bond motifs is 1. The minimum absolute atomic E-state index is 0. The number of piperidine rings is 1. The van der Waals surface area contributed by atoms with Crippen molar-refractivity contribution in [2.24, 2.45) is 5.92 Å². The molecule has 0 spiro atoms. The van der Waals surface area contributed by atoms with Gasteiger partial charge in [-0.25, -0.2) is 0 Å². The first kappa shape index (κ1) is 23.0. The molecule has 3 aliphatic rings. The van der Waals surface area contributed by atoms with Crippen molar-refractivity contribution < 1.29 is 9.59 Å². The summed E-state index contributed by atoms with van der Waals surface area (Å²) in [6.07, 6.45) is 6.28. The van der Waals surface area contributed by atoms with Crippen LogP contribution in [0.3, 0.4) is 0 Å². The second-order valence-corrected chi connectivity index (χ2v) is 8.92. The second kappa shape index (κ2) is 10.6. The number of amides is 2. The predicted octanol–water partition coefficient (Wildman–Crippen LogP) is 2.36. The van der Waals surface area contributed by atoms with Crippen LogP contribution in [0.15, 0.2) is 24.3 Å². The van der Waals surface area contributed by atoms with E-state index >= 15 is 0 Å². The fourth-order valence-electron chi connectivity index (χ4n) is 5.07. The van der Waals surface area contributed by atoms with E-state index in [0.29, 0.717) is 19.0 Å². The molecule has 30 heavy (non-hydrogen) atoms. The molecule has 2 N–H and O–H groups in total. The van der Waals surface area contributed by atoms with E-state index in [2.05, 4.69) is 40.7 Å². The van der Waals surface area contributed by atoms with E-state index in [1.54, 1.807) is 0 Å². The van der Waals surface area contributed by atoms with Crippen LogP contribution in [-0.2, 0) is 16.0 Å². The molecule has 0 bridgehead atoms. The quantitative estimate of drug-likeness (QED) is 0.746.